The van der Waals surface area contributed by atoms with Crippen LogP contribution in [0.3, 0.4) is 0 Å². The van der Waals surface area contributed by atoms with Crippen molar-refractivity contribution in [3.8, 4) is 17.0 Å². The summed E-state index contributed by atoms with van der Waals surface area (Å²) in [6, 6.07) is 8.83. The molecule has 0 unspecified atom stereocenters. The minimum atomic E-state index is -3.49. The van der Waals surface area contributed by atoms with Gasteiger partial charge in [0.15, 0.2) is 0 Å². The Morgan fingerprint density at radius 3 is 2.48 bits per heavy atom. The number of nitrogens with zero attached hydrogens (tertiary/aromatic N) is 2. The summed E-state index contributed by atoms with van der Waals surface area (Å²) in [6.45, 7) is 4.30. The van der Waals surface area contributed by atoms with E-state index in [1.807, 2.05) is 31.2 Å². The van der Waals surface area contributed by atoms with E-state index in [-0.39, 0.29) is 11.6 Å². The van der Waals surface area contributed by atoms with Crippen molar-refractivity contribution >= 4 is 15.8 Å². The quantitative estimate of drug-likeness (QED) is 0.883. The number of aromatic nitrogens is 2. The summed E-state index contributed by atoms with van der Waals surface area (Å²) in [6.07, 6.45) is 0.514. The van der Waals surface area contributed by atoms with Crippen molar-refractivity contribution in [2.24, 2.45) is 0 Å². The van der Waals surface area contributed by atoms with Crippen LogP contribution >= 0.6 is 0 Å². The van der Waals surface area contributed by atoms with Gasteiger partial charge in [0.1, 0.15) is 11.6 Å². The molecule has 0 fully saturated rings. The third-order valence-corrected chi connectivity index (χ3v) is 4.63. The fourth-order valence-electron chi connectivity index (χ4n) is 1.98. The van der Waals surface area contributed by atoms with E-state index in [0.717, 1.165) is 15.4 Å². The molecule has 1 heterocycles. The van der Waals surface area contributed by atoms with Gasteiger partial charge in [0.05, 0.1) is 18.1 Å². The number of nitrogen functional groups attached to an aromatic ring is 1. The molecule has 0 saturated heterocycles. The summed E-state index contributed by atoms with van der Waals surface area (Å²) in [4.78, 5) is 0. The summed E-state index contributed by atoms with van der Waals surface area (Å²) in [5.41, 5.74) is 7.08. The van der Waals surface area contributed by atoms with Crippen LogP contribution in [-0.4, -0.2) is 30.0 Å². The highest BCUT2D eigenvalue weighted by atomic mass is 32.2. The molecule has 114 valence electrons. The molecule has 0 atom stereocenters. The second-order valence-electron chi connectivity index (χ2n) is 4.57. The van der Waals surface area contributed by atoms with Crippen LogP contribution in [0.4, 0.5) is 5.82 Å². The molecule has 0 aliphatic heterocycles. The van der Waals surface area contributed by atoms with Crippen LogP contribution in [-0.2, 0) is 10.0 Å². The Bertz CT molecular complexity index is 706. The van der Waals surface area contributed by atoms with E-state index >= 15 is 0 Å². The molecule has 2 aromatic rings. The predicted molar refractivity (Wildman–Crippen MR) is 82.7 cm³/mol. The molecule has 0 aliphatic rings. The van der Waals surface area contributed by atoms with Crippen LogP contribution in [0.1, 0.15) is 20.3 Å². The van der Waals surface area contributed by atoms with E-state index in [1.54, 1.807) is 13.0 Å². The maximum absolute atomic E-state index is 12.0. The van der Waals surface area contributed by atoms with E-state index in [1.165, 1.54) is 0 Å². The topological polar surface area (TPSA) is 87.2 Å². The van der Waals surface area contributed by atoms with Gasteiger partial charge in [-0.1, -0.05) is 6.92 Å². The van der Waals surface area contributed by atoms with Gasteiger partial charge in [-0.05, 0) is 37.6 Å². The van der Waals surface area contributed by atoms with Crippen molar-refractivity contribution in [3.63, 3.8) is 0 Å². The van der Waals surface area contributed by atoms with Crippen molar-refractivity contribution in [2.75, 3.05) is 18.1 Å². The lowest BCUT2D eigenvalue weighted by Gasteiger charge is -2.04. The Kier molecular flexibility index (Phi) is 4.52. The van der Waals surface area contributed by atoms with E-state index in [4.69, 9.17) is 10.5 Å². The Balaban J connectivity index is 2.34. The molecular formula is C14H19N3O3S. The zero-order valence-corrected chi connectivity index (χ0v) is 12.9. The van der Waals surface area contributed by atoms with Gasteiger partial charge < -0.3 is 10.5 Å². The summed E-state index contributed by atoms with van der Waals surface area (Å²) < 4.78 is 30.3. The van der Waals surface area contributed by atoms with Gasteiger partial charge in [-0.25, -0.2) is 8.42 Å². The molecule has 2 N–H and O–H groups in total. The molecular weight excluding hydrogens is 290 g/mol. The van der Waals surface area contributed by atoms with Gasteiger partial charge in [-0.2, -0.15) is 5.10 Å². The fourth-order valence-corrected chi connectivity index (χ4v) is 3.25. The molecule has 0 radical (unpaired) electrons. The third kappa shape index (κ3) is 3.36. The molecule has 21 heavy (non-hydrogen) atoms. The monoisotopic (exact) mass is 309 g/mol. The number of nitrogens with two attached hydrogens (primary N) is 1. The Hall–Kier alpha value is -2.02. The SMILES string of the molecule is CCCS(=O)(=O)n1nc(-c2ccc(OCC)cc2)cc1N. The first-order valence-corrected chi connectivity index (χ1v) is 8.41. The fraction of sp³-hybridized carbons (Fsp3) is 0.357. The van der Waals surface area contributed by atoms with Gasteiger partial charge >= 0.3 is 0 Å². The van der Waals surface area contributed by atoms with Crippen LogP contribution in [0.25, 0.3) is 11.3 Å². The number of hydrogen-bond donors (Lipinski definition) is 1. The molecule has 6 nitrogen and oxygen atoms in total. The first-order chi connectivity index (χ1) is 9.97. The number of benzene rings is 1. The predicted octanol–water partition coefficient (Wildman–Crippen LogP) is 2.12. The first kappa shape index (κ1) is 15.4. The van der Waals surface area contributed by atoms with E-state index in [9.17, 15) is 8.42 Å². The molecule has 2 rings (SSSR count). The number of hydrogen-bond acceptors (Lipinski definition) is 5. The Morgan fingerprint density at radius 1 is 1.24 bits per heavy atom. The van der Waals surface area contributed by atoms with Crippen LogP contribution in [0.2, 0.25) is 0 Å². The van der Waals surface area contributed by atoms with Crippen molar-refractivity contribution in [1.82, 2.24) is 9.19 Å². The summed E-state index contributed by atoms with van der Waals surface area (Å²) in [7, 11) is -3.49. The minimum Gasteiger partial charge on any atom is -0.494 e. The minimum absolute atomic E-state index is 0.0155. The van der Waals surface area contributed by atoms with Crippen LogP contribution in [0, 0.1) is 0 Å². The largest absolute Gasteiger partial charge is 0.494 e. The number of ether oxygens (including phenoxy) is 1. The lowest BCUT2D eigenvalue weighted by molar-refractivity contribution is 0.340. The highest BCUT2D eigenvalue weighted by Gasteiger charge is 2.18. The van der Waals surface area contributed by atoms with E-state index < -0.39 is 10.0 Å². The Morgan fingerprint density at radius 2 is 1.90 bits per heavy atom. The highest BCUT2D eigenvalue weighted by molar-refractivity contribution is 7.89. The lowest BCUT2D eigenvalue weighted by atomic mass is 10.1. The van der Waals surface area contributed by atoms with Crippen molar-refractivity contribution in [1.29, 1.82) is 0 Å². The number of anilines is 1. The van der Waals surface area contributed by atoms with Crippen LogP contribution in [0.15, 0.2) is 30.3 Å². The van der Waals surface area contributed by atoms with Gasteiger partial charge in [0.25, 0.3) is 10.0 Å². The summed E-state index contributed by atoms with van der Waals surface area (Å²) in [5.74, 6) is 0.890. The maximum Gasteiger partial charge on any atom is 0.255 e. The van der Waals surface area contributed by atoms with Crippen molar-refractivity contribution < 1.29 is 13.2 Å². The van der Waals surface area contributed by atoms with Gasteiger partial charge in [-0.15, -0.1) is 4.09 Å². The normalized spacial score (nSPS) is 11.5. The lowest BCUT2D eigenvalue weighted by Crippen LogP contribution is -2.19. The molecule has 0 aliphatic carbocycles. The molecule has 0 saturated carbocycles. The first-order valence-electron chi connectivity index (χ1n) is 6.80. The van der Waals surface area contributed by atoms with Gasteiger partial charge in [0, 0.05) is 11.6 Å². The zero-order chi connectivity index (χ0) is 15.5. The molecule has 0 spiro atoms. The zero-order valence-electron chi connectivity index (χ0n) is 12.1. The highest BCUT2D eigenvalue weighted by Crippen LogP contribution is 2.24. The second kappa shape index (κ2) is 6.17. The molecule has 1 aromatic carbocycles. The van der Waals surface area contributed by atoms with Gasteiger partial charge in [-0.3, -0.25) is 0 Å². The second-order valence-corrected chi connectivity index (χ2v) is 6.49. The molecule has 1 aromatic heterocycles. The van der Waals surface area contributed by atoms with Crippen molar-refractivity contribution in [3.05, 3.63) is 30.3 Å². The smallest absolute Gasteiger partial charge is 0.255 e. The average molecular weight is 309 g/mol. The standard InChI is InChI=1S/C14H19N3O3S/c1-3-9-21(18,19)17-14(15)10-13(16-17)11-5-7-12(8-6-11)20-4-2/h5-8,10H,3-4,9,15H2,1-2H3. The summed E-state index contributed by atoms with van der Waals surface area (Å²) >= 11 is 0. The van der Waals surface area contributed by atoms with Crippen LogP contribution < -0.4 is 10.5 Å². The average Bonchev–Trinajstić information content (AvgIpc) is 2.83. The van der Waals surface area contributed by atoms with Crippen LogP contribution in [0.5, 0.6) is 5.75 Å². The Labute approximate surface area is 124 Å². The third-order valence-electron chi connectivity index (χ3n) is 2.89. The van der Waals surface area contributed by atoms with Gasteiger partial charge in [0.2, 0.25) is 0 Å². The molecule has 0 bridgehead atoms. The molecule has 0 amide bonds. The number of rotatable bonds is 6. The van der Waals surface area contributed by atoms with E-state index in [2.05, 4.69) is 5.10 Å². The van der Waals surface area contributed by atoms with Crippen molar-refractivity contribution in [2.45, 2.75) is 20.3 Å². The molecule has 7 heteroatoms. The maximum atomic E-state index is 12.0. The summed E-state index contributed by atoms with van der Waals surface area (Å²) in [5, 5.41) is 4.11. The van der Waals surface area contributed by atoms with E-state index in [0.29, 0.717) is 18.7 Å².